The highest BCUT2D eigenvalue weighted by Crippen LogP contribution is 2.13. The summed E-state index contributed by atoms with van der Waals surface area (Å²) >= 11 is 0. The van der Waals surface area contributed by atoms with Gasteiger partial charge in [-0.05, 0) is 25.3 Å². The number of nitrogens with zero attached hydrogens (tertiary/aromatic N) is 3. The Morgan fingerprint density at radius 2 is 2.03 bits per heavy atom. The molecule has 1 amide bonds. The summed E-state index contributed by atoms with van der Waals surface area (Å²) in [6, 6.07) is 6.54. The van der Waals surface area contributed by atoms with Crippen LogP contribution in [0.2, 0.25) is 0 Å². The Labute approximate surface area is 187 Å². The number of carbonyl (C=O) groups is 1. The minimum atomic E-state index is -0.422. The molecule has 9 nitrogen and oxygen atoms in total. The van der Waals surface area contributed by atoms with Crippen LogP contribution in [-0.4, -0.2) is 54.2 Å². The zero-order chi connectivity index (χ0) is 20.4. The molecule has 1 aromatic rings. The molecule has 160 valence electrons. The van der Waals surface area contributed by atoms with E-state index < -0.39 is 4.92 Å². The van der Waals surface area contributed by atoms with Gasteiger partial charge in [0.2, 0.25) is 0 Å². The van der Waals surface area contributed by atoms with Crippen LogP contribution in [0.3, 0.4) is 0 Å². The molecule has 0 aromatic heterocycles. The Bertz CT molecular complexity index is 703. The molecule has 10 heteroatoms. The third kappa shape index (κ3) is 8.26. The number of halogens is 1. The van der Waals surface area contributed by atoms with Crippen molar-refractivity contribution in [3.05, 3.63) is 52.6 Å². The molecule has 1 saturated heterocycles. The van der Waals surface area contributed by atoms with Crippen molar-refractivity contribution in [1.29, 1.82) is 0 Å². The number of hydrogen-bond donors (Lipinski definition) is 2. The molecular formula is C19H28IN5O4. The Kier molecular flexibility index (Phi) is 11.0. The highest BCUT2D eigenvalue weighted by Gasteiger charge is 2.24. The van der Waals surface area contributed by atoms with E-state index in [4.69, 9.17) is 4.74 Å². The monoisotopic (exact) mass is 517 g/mol. The molecule has 0 spiro atoms. The summed E-state index contributed by atoms with van der Waals surface area (Å²) in [5.74, 6) is 0.646. The molecule has 1 fully saturated rings. The second-order valence-corrected chi connectivity index (χ2v) is 6.36. The molecule has 0 bridgehead atoms. The first-order valence-electron chi connectivity index (χ1n) is 9.34. The molecule has 1 aromatic carbocycles. The normalized spacial score (nSPS) is 14.5. The summed E-state index contributed by atoms with van der Waals surface area (Å²) in [6.45, 7) is 8.10. The smallest absolute Gasteiger partial charge is 0.409 e. The highest BCUT2D eigenvalue weighted by molar-refractivity contribution is 14.0. The van der Waals surface area contributed by atoms with Gasteiger partial charge in [0.05, 0.1) is 18.1 Å². The van der Waals surface area contributed by atoms with E-state index in [0.29, 0.717) is 38.7 Å². The lowest BCUT2D eigenvalue weighted by atomic mass is 10.1. The molecule has 1 heterocycles. The summed E-state index contributed by atoms with van der Waals surface area (Å²) in [7, 11) is 0. The third-order valence-corrected chi connectivity index (χ3v) is 4.34. The number of likely N-dealkylation sites (tertiary alicyclic amines) is 1. The molecule has 2 N–H and O–H groups in total. The van der Waals surface area contributed by atoms with Crippen molar-refractivity contribution in [3.8, 4) is 0 Å². The van der Waals surface area contributed by atoms with E-state index >= 15 is 0 Å². The van der Waals surface area contributed by atoms with Crippen molar-refractivity contribution in [2.75, 3.05) is 26.2 Å². The molecule has 0 radical (unpaired) electrons. The lowest BCUT2D eigenvalue weighted by Gasteiger charge is -2.32. The molecule has 0 saturated carbocycles. The van der Waals surface area contributed by atoms with Crippen LogP contribution in [0.4, 0.5) is 10.5 Å². The Morgan fingerprint density at radius 3 is 2.59 bits per heavy atom. The molecule has 0 atom stereocenters. The highest BCUT2D eigenvalue weighted by atomic mass is 127. The maximum atomic E-state index is 11.8. The zero-order valence-corrected chi connectivity index (χ0v) is 18.8. The van der Waals surface area contributed by atoms with Crippen LogP contribution in [0.1, 0.15) is 25.3 Å². The number of piperidine rings is 1. The number of non-ortho nitro benzene ring substituents is 1. The van der Waals surface area contributed by atoms with Gasteiger partial charge in [0.25, 0.3) is 5.69 Å². The SMILES string of the molecule is C=CCNC(=NCc1ccc([N+](=O)[O-])cc1)NC1CCN(C(=O)OCC)CC1.I. The molecule has 2 rings (SSSR count). The fourth-order valence-electron chi connectivity index (χ4n) is 2.83. The third-order valence-electron chi connectivity index (χ3n) is 4.34. The van der Waals surface area contributed by atoms with Crippen LogP contribution in [0.25, 0.3) is 0 Å². The van der Waals surface area contributed by atoms with Gasteiger partial charge in [-0.15, -0.1) is 30.6 Å². The van der Waals surface area contributed by atoms with E-state index in [-0.39, 0.29) is 41.8 Å². The van der Waals surface area contributed by atoms with Gasteiger partial charge in [0.1, 0.15) is 0 Å². The summed E-state index contributed by atoms with van der Waals surface area (Å²) in [5.41, 5.74) is 0.937. The van der Waals surface area contributed by atoms with Gasteiger partial charge < -0.3 is 20.3 Å². The van der Waals surface area contributed by atoms with E-state index in [9.17, 15) is 14.9 Å². The number of ether oxygens (including phenoxy) is 1. The van der Waals surface area contributed by atoms with Gasteiger partial charge in [0.15, 0.2) is 5.96 Å². The summed E-state index contributed by atoms with van der Waals surface area (Å²) in [4.78, 5) is 28.4. The van der Waals surface area contributed by atoms with Crippen LogP contribution >= 0.6 is 24.0 Å². The average molecular weight is 517 g/mol. The van der Waals surface area contributed by atoms with Gasteiger partial charge in [-0.2, -0.15) is 0 Å². The van der Waals surface area contributed by atoms with Crippen LogP contribution in [0.5, 0.6) is 0 Å². The van der Waals surface area contributed by atoms with Crippen molar-refractivity contribution in [2.24, 2.45) is 4.99 Å². The predicted octanol–water partition coefficient (Wildman–Crippen LogP) is 3.05. The molecule has 29 heavy (non-hydrogen) atoms. The lowest BCUT2D eigenvalue weighted by molar-refractivity contribution is -0.384. The number of aliphatic imine (C=N–C) groups is 1. The van der Waals surface area contributed by atoms with Crippen LogP contribution in [0.15, 0.2) is 41.9 Å². The standard InChI is InChI=1S/C19H27N5O4.HI/c1-3-11-20-18(21-14-15-5-7-17(8-6-15)24(26)27)22-16-9-12-23(13-10-16)19(25)28-4-2;/h3,5-8,16H,1,4,9-14H2,2H3,(H2,20,21,22);1H. The van der Waals surface area contributed by atoms with Crippen molar-refractivity contribution in [2.45, 2.75) is 32.4 Å². The van der Waals surface area contributed by atoms with E-state index in [1.54, 1.807) is 30.0 Å². The van der Waals surface area contributed by atoms with E-state index in [2.05, 4.69) is 22.2 Å². The number of nitrogens with one attached hydrogen (secondary N) is 2. The summed E-state index contributed by atoms with van der Waals surface area (Å²) in [5, 5.41) is 17.3. The Hall–Kier alpha value is -2.37. The van der Waals surface area contributed by atoms with Gasteiger partial charge in [0, 0.05) is 37.8 Å². The summed E-state index contributed by atoms with van der Waals surface area (Å²) in [6.07, 6.45) is 3.07. The first-order valence-corrected chi connectivity index (χ1v) is 9.34. The van der Waals surface area contributed by atoms with E-state index in [0.717, 1.165) is 18.4 Å². The molecule has 1 aliphatic heterocycles. The second-order valence-electron chi connectivity index (χ2n) is 6.36. The number of amides is 1. The van der Waals surface area contributed by atoms with Gasteiger partial charge in [-0.1, -0.05) is 18.2 Å². The number of hydrogen-bond acceptors (Lipinski definition) is 5. The number of carbonyl (C=O) groups excluding carboxylic acids is 1. The van der Waals surface area contributed by atoms with Crippen LogP contribution in [-0.2, 0) is 11.3 Å². The van der Waals surface area contributed by atoms with E-state index in [1.807, 2.05) is 0 Å². The van der Waals surface area contributed by atoms with Crippen LogP contribution in [0, 0.1) is 10.1 Å². The van der Waals surface area contributed by atoms with Gasteiger partial charge in [-0.3, -0.25) is 10.1 Å². The van der Waals surface area contributed by atoms with E-state index in [1.165, 1.54) is 12.1 Å². The first kappa shape index (κ1) is 24.7. The lowest BCUT2D eigenvalue weighted by Crippen LogP contribution is -2.49. The summed E-state index contributed by atoms with van der Waals surface area (Å²) < 4.78 is 5.04. The van der Waals surface area contributed by atoms with Crippen LogP contribution < -0.4 is 10.6 Å². The fraction of sp³-hybridized carbons (Fsp3) is 0.474. The van der Waals surface area contributed by atoms with Crippen molar-refractivity contribution in [3.63, 3.8) is 0 Å². The predicted molar refractivity (Wildman–Crippen MR) is 123 cm³/mol. The minimum Gasteiger partial charge on any atom is -0.450 e. The quantitative estimate of drug-likeness (QED) is 0.144. The first-order chi connectivity index (χ1) is 13.5. The molecule has 0 unspecified atom stereocenters. The topological polar surface area (TPSA) is 109 Å². The van der Waals surface area contributed by atoms with Gasteiger partial charge in [-0.25, -0.2) is 9.79 Å². The number of rotatable bonds is 7. The molecular weight excluding hydrogens is 489 g/mol. The van der Waals surface area contributed by atoms with Crippen molar-refractivity contribution >= 4 is 41.7 Å². The number of nitro benzene ring substituents is 1. The van der Waals surface area contributed by atoms with Crippen molar-refractivity contribution in [1.82, 2.24) is 15.5 Å². The van der Waals surface area contributed by atoms with Gasteiger partial charge >= 0.3 is 6.09 Å². The number of benzene rings is 1. The second kappa shape index (κ2) is 13.0. The minimum absolute atomic E-state index is 0. The molecule has 0 aliphatic carbocycles. The zero-order valence-electron chi connectivity index (χ0n) is 16.5. The largest absolute Gasteiger partial charge is 0.450 e. The number of nitro groups is 1. The average Bonchev–Trinajstić information content (AvgIpc) is 2.71. The van der Waals surface area contributed by atoms with Crippen molar-refractivity contribution < 1.29 is 14.5 Å². The fourth-order valence-corrected chi connectivity index (χ4v) is 2.83. The maximum absolute atomic E-state index is 11.8. The maximum Gasteiger partial charge on any atom is 0.409 e. The Balaban J connectivity index is 0.00000420. The molecule has 1 aliphatic rings. The Morgan fingerprint density at radius 1 is 1.38 bits per heavy atom. The number of guanidine groups is 1.